The van der Waals surface area contributed by atoms with Crippen molar-refractivity contribution in [1.29, 1.82) is 0 Å². The van der Waals surface area contributed by atoms with E-state index in [1.54, 1.807) is 34.1 Å². The number of ether oxygens (including phenoxy) is 3. The van der Waals surface area contributed by atoms with Gasteiger partial charge in [0.25, 0.3) is 0 Å². The van der Waals surface area contributed by atoms with Crippen LogP contribution in [0.4, 0.5) is 15.9 Å². The van der Waals surface area contributed by atoms with E-state index in [1.165, 1.54) is 26.4 Å². The number of aliphatic hydroxyl groups excluding tert-OH is 1. The third-order valence-electron chi connectivity index (χ3n) is 5.42. The first-order valence-electron chi connectivity index (χ1n) is 11.4. The maximum Gasteiger partial charge on any atom is 0.188 e. The lowest BCUT2D eigenvalue weighted by Crippen LogP contribution is -2.33. The first-order chi connectivity index (χ1) is 17.3. The molecule has 0 saturated carbocycles. The topological polar surface area (TPSA) is 108 Å². The van der Waals surface area contributed by atoms with Crippen LogP contribution >= 0.6 is 0 Å². The van der Waals surface area contributed by atoms with Crippen LogP contribution in [0.1, 0.15) is 13.8 Å². The van der Waals surface area contributed by atoms with Gasteiger partial charge in [-0.15, -0.1) is 0 Å². The van der Waals surface area contributed by atoms with Gasteiger partial charge < -0.3 is 24.2 Å². The number of aryl methyl sites for hydroxylation is 1. The Morgan fingerprint density at radius 3 is 2.58 bits per heavy atom. The van der Waals surface area contributed by atoms with Crippen molar-refractivity contribution in [2.24, 2.45) is 7.05 Å². The molecule has 4 rings (SSSR count). The van der Waals surface area contributed by atoms with E-state index in [-0.39, 0.29) is 30.7 Å². The van der Waals surface area contributed by atoms with Gasteiger partial charge in [-0.2, -0.15) is 5.10 Å². The van der Waals surface area contributed by atoms with Crippen LogP contribution in [-0.4, -0.2) is 69.4 Å². The molecule has 3 aromatic heterocycles. The molecule has 0 saturated heterocycles. The summed E-state index contributed by atoms with van der Waals surface area (Å²) in [5, 5.41) is 14.9. The molecule has 0 unspecified atom stereocenters. The molecule has 1 N–H and O–H groups in total. The number of hydrogen-bond acceptors (Lipinski definition) is 9. The molecule has 0 spiro atoms. The second-order valence-corrected chi connectivity index (χ2v) is 8.48. The smallest absolute Gasteiger partial charge is 0.188 e. The summed E-state index contributed by atoms with van der Waals surface area (Å²) in [6, 6.07) is 6.42. The lowest BCUT2D eigenvalue weighted by atomic mass is 10.2. The zero-order chi connectivity index (χ0) is 25.8. The van der Waals surface area contributed by atoms with E-state index in [4.69, 9.17) is 14.2 Å². The summed E-state index contributed by atoms with van der Waals surface area (Å²) < 4.78 is 33.3. The second-order valence-electron chi connectivity index (χ2n) is 8.48. The van der Waals surface area contributed by atoms with Crippen molar-refractivity contribution in [2.75, 3.05) is 32.3 Å². The van der Waals surface area contributed by atoms with Crippen LogP contribution in [0, 0.1) is 5.82 Å². The number of rotatable bonds is 10. The number of pyridine rings is 1. The molecule has 10 nitrogen and oxygen atoms in total. The molecule has 0 aliphatic rings. The fraction of sp³-hybridized carbons (Fsp3) is 0.360. The number of anilines is 2. The second kappa shape index (κ2) is 10.8. The van der Waals surface area contributed by atoms with Gasteiger partial charge in [0.2, 0.25) is 0 Å². The molecule has 0 amide bonds. The molecule has 0 fully saturated rings. The van der Waals surface area contributed by atoms with Crippen molar-refractivity contribution in [2.45, 2.75) is 26.1 Å². The third-order valence-corrected chi connectivity index (χ3v) is 5.42. The fourth-order valence-electron chi connectivity index (χ4n) is 3.63. The van der Waals surface area contributed by atoms with Crippen LogP contribution in [0.3, 0.4) is 0 Å². The minimum Gasteiger partial charge on any atom is -0.497 e. The largest absolute Gasteiger partial charge is 0.497 e. The lowest BCUT2D eigenvalue weighted by molar-refractivity contribution is 0.00958. The summed E-state index contributed by atoms with van der Waals surface area (Å²) in [6.07, 6.45) is 4.17. The van der Waals surface area contributed by atoms with Crippen molar-refractivity contribution in [1.82, 2.24) is 24.7 Å². The van der Waals surface area contributed by atoms with Gasteiger partial charge in [-0.1, -0.05) is 0 Å². The summed E-state index contributed by atoms with van der Waals surface area (Å²) in [5.74, 6) is 0.132. The van der Waals surface area contributed by atoms with E-state index in [1.807, 2.05) is 27.1 Å². The Balaban J connectivity index is 1.80. The molecule has 0 bridgehead atoms. The average molecular weight is 497 g/mol. The van der Waals surface area contributed by atoms with Gasteiger partial charge in [-0.3, -0.25) is 9.67 Å². The van der Waals surface area contributed by atoms with E-state index in [0.29, 0.717) is 28.4 Å². The van der Waals surface area contributed by atoms with Crippen molar-refractivity contribution in [3.8, 4) is 22.8 Å². The molecule has 1 aromatic carbocycles. The number of fused-ring (bicyclic) bond motifs is 1. The van der Waals surface area contributed by atoms with Gasteiger partial charge in [-0.25, -0.2) is 14.4 Å². The maximum absolute atomic E-state index is 15.5. The van der Waals surface area contributed by atoms with Crippen LogP contribution in [0.5, 0.6) is 11.5 Å². The summed E-state index contributed by atoms with van der Waals surface area (Å²) >= 11 is 0. The molecule has 0 aliphatic heterocycles. The Kier molecular flexibility index (Phi) is 7.61. The van der Waals surface area contributed by atoms with E-state index in [2.05, 4.69) is 20.1 Å². The molecule has 1 atom stereocenters. The standard InChI is InChI=1S/C25H29FN6O4/c1-15(2)36-14-17(33)13-32(21-8-18(34-4)9-22(35-5)24(21)26)23-7-6-19-25(30-23)29-20(11-27-19)16-10-28-31(3)12-16/h6-12,15,17,33H,13-14H2,1-5H3/t17-/m0/s1. The highest BCUT2D eigenvalue weighted by Gasteiger charge is 2.24. The van der Waals surface area contributed by atoms with Crippen molar-refractivity contribution in [3.05, 3.63) is 48.7 Å². The fourth-order valence-corrected chi connectivity index (χ4v) is 3.63. The summed E-state index contributed by atoms with van der Waals surface area (Å²) in [6.45, 7) is 3.81. The van der Waals surface area contributed by atoms with E-state index < -0.39 is 11.9 Å². The Bertz CT molecular complexity index is 1350. The van der Waals surface area contributed by atoms with Gasteiger partial charge >= 0.3 is 0 Å². The molecule has 4 aromatic rings. The highest BCUT2D eigenvalue weighted by molar-refractivity contribution is 5.77. The molecule has 11 heteroatoms. The first kappa shape index (κ1) is 25.3. The van der Waals surface area contributed by atoms with Gasteiger partial charge in [0.05, 0.1) is 63.4 Å². The monoisotopic (exact) mass is 496 g/mol. The zero-order valence-electron chi connectivity index (χ0n) is 20.8. The molecule has 0 aliphatic carbocycles. The van der Waals surface area contributed by atoms with Gasteiger partial charge in [-0.05, 0) is 26.0 Å². The predicted octanol–water partition coefficient (Wildman–Crippen LogP) is 3.51. The number of aliphatic hydroxyl groups is 1. The summed E-state index contributed by atoms with van der Waals surface area (Å²) in [7, 11) is 4.68. The third kappa shape index (κ3) is 5.52. The number of halogens is 1. The Hall–Kier alpha value is -3.83. The lowest BCUT2D eigenvalue weighted by Gasteiger charge is -2.28. The minimum absolute atomic E-state index is 0.00159. The summed E-state index contributed by atoms with van der Waals surface area (Å²) in [5.41, 5.74) is 2.45. The number of hydrogen-bond donors (Lipinski definition) is 1. The minimum atomic E-state index is -0.936. The molecule has 0 radical (unpaired) electrons. The average Bonchev–Trinajstić information content (AvgIpc) is 3.32. The molecule has 190 valence electrons. The van der Waals surface area contributed by atoms with Crippen LogP contribution in [0.25, 0.3) is 22.4 Å². The predicted molar refractivity (Wildman–Crippen MR) is 133 cm³/mol. The molecular weight excluding hydrogens is 467 g/mol. The Labute approximate surface area is 208 Å². The Morgan fingerprint density at radius 1 is 1.11 bits per heavy atom. The van der Waals surface area contributed by atoms with Crippen LogP contribution in [0.2, 0.25) is 0 Å². The van der Waals surface area contributed by atoms with Crippen molar-refractivity contribution < 1.29 is 23.7 Å². The molecular formula is C25H29FN6O4. The van der Waals surface area contributed by atoms with Gasteiger partial charge in [0, 0.05) is 30.9 Å². The van der Waals surface area contributed by atoms with Crippen molar-refractivity contribution in [3.63, 3.8) is 0 Å². The highest BCUT2D eigenvalue weighted by Crippen LogP contribution is 2.36. The normalized spacial score (nSPS) is 12.2. The van der Waals surface area contributed by atoms with Gasteiger partial charge in [0.15, 0.2) is 17.2 Å². The van der Waals surface area contributed by atoms with Crippen LogP contribution in [0.15, 0.2) is 42.9 Å². The highest BCUT2D eigenvalue weighted by atomic mass is 19.1. The number of aromatic nitrogens is 5. The molecule has 3 heterocycles. The van der Waals surface area contributed by atoms with E-state index >= 15 is 4.39 Å². The number of benzene rings is 1. The maximum atomic E-state index is 15.5. The zero-order valence-corrected chi connectivity index (χ0v) is 20.8. The number of nitrogens with zero attached hydrogens (tertiary/aromatic N) is 6. The van der Waals surface area contributed by atoms with Crippen LogP contribution < -0.4 is 14.4 Å². The van der Waals surface area contributed by atoms with E-state index in [0.717, 1.165) is 5.56 Å². The Morgan fingerprint density at radius 2 is 1.92 bits per heavy atom. The molecule has 36 heavy (non-hydrogen) atoms. The van der Waals surface area contributed by atoms with E-state index in [9.17, 15) is 5.11 Å². The summed E-state index contributed by atoms with van der Waals surface area (Å²) in [4.78, 5) is 15.3. The quantitative estimate of drug-likeness (QED) is 0.353. The SMILES string of the molecule is COc1cc(OC)c(F)c(N(C[C@H](O)COC(C)C)c2ccc3ncc(-c4cnn(C)c4)nc3n2)c1. The first-order valence-corrected chi connectivity index (χ1v) is 11.4. The van der Waals surface area contributed by atoms with Crippen molar-refractivity contribution >= 4 is 22.7 Å². The van der Waals surface area contributed by atoms with Gasteiger partial charge in [0.1, 0.15) is 17.1 Å². The van der Waals surface area contributed by atoms with Crippen LogP contribution in [-0.2, 0) is 11.8 Å². The number of methoxy groups -OCH3 is 2.